The molecular weight excluding hydrogens is 456 g/mol. The Kier molecular flexibility index (Phi) is 5.65. The normalized spacial score (nSPS) is 42.9. The van der Waals surface area contributed by atoms with Crippen molar-refractivity contribution in [3.05, 3.63) is 23.3 Å². The highest BCUT2D eigenvalue weighted by Crippen LogP contribution is 2.77. The Labute approximate surface area is 204 Å². The quantitative estimate of drug-likeness (QED) is 0.342. The van der Waals surface area contributed by atoms with Gasteiger partial charge in [-0.3, -0.25) is 19.2 Å². The van der Waals surface area contributed by atoms with Crippen molar-refractivity contribution < 1.29 is 43.6 Å². The molecule has 4 aliphatic rings. The summed E-state index contributed by atoms with van der Waals surface area (Å²) in [5.74, 6) is -5.20. The standard InChI is InChI=1S/C26H34O9/c1-12-8-19-24(31,21(12)30)10-17(11-33-14(3)27)9-18-20-23(6,7)26(20,35-16(5)29)22(34-15(4)28)13(2)25(18,19)32/h8-9,13,18-20,22,31-32H,10-11H2,1-7H3/t13-,18+,19?,20-,22-,24-,25-,26-/m1/s1. The molecule has 0 heterocycles. The number of ketones is 1. The van der Waals surface area contributed by atoms with Gasteiger partial charge in [0.25, 0.3) is 0 Å². The molecule has 8 atom stereocenters. The van der Waals surface area contributed by atoms with Crippen LogP contribution in [0.2, 0.25) is 0 Å². The van der Waals surface area contributed by atoms with Gasteiger partial charge in [-0.05, 0) is 18.1 Å². The van der Waals surface area contributed by atoms with Crippen molar-refractivity contribution in [2.45, 2.75) is 77.8 Å². The first-order valence-electron chi connectivity index (χ1n) is 11.9. The summed E-state index contributed by atoms with van der Waals surface area (Å²) in [5, 5.41) is 24.3. The van der Waals surface area contributed by atoms with Gasteiger partial charge in [-0.2, -0.15) is 0 Å². The summed E-state index contributed by atoms with van der Waals surface area (Å²) in [5.41, 5.74) is -4.82. The fourth-order valence-corrected chi connectivity index (χ4v) is 7.43. The molecule has 0 radical (unpaired) electrons. The lowest BCUT2D eigenvalue weighted by molar-refractivity contribution is -0.227. The van der Waals surface area contributed by atoms with E-state index >= 15 is 0 Å². The van der Waals surface area contributed by atoms with E-state index in [0.29, 0.717) is 11.1 Å². The Morgan fingerprint density at radius 3 is 2.23 bits per heavy atom. The first kappa shape index (κ1) is 25.6. The second kappa shape index (κ2) is 7.74. The number of carbonyl (C=O) groups excluding carboxylic acids is 4. The van der Waals surface area contributed by atoms with E-state index in [4.69, 9.17) is 14.2 Å². The van der Waals surface area contributed by atoms with Crippen molar-refractivity contribution in [1.82, 2.24) is 0 Å². The summed E-state index contributed by atoms with van der Waals surface area (Å²) in [6, 6.07) is 0. The highest BCUT2D eigenvalue weighted by atomic mass is 16.6. The molecule has 0 aromatic carbocycles. The molecule has 0 saturated heterocycles. The van der Waals surface area contributed by atoms with Crippen LogP contribution in [0.25, 0.3) is 0 Å². The van der Waals surface area contributed by atoms with Crippen LogP contribution >= 0.6 is 0 Å². The van der Waals surface area contributed by atoms with Crippen molar-refractivity contribution in [1.29, 1.82) is 0 Å². The van der Waals surface area contributed by atoms with E-state index in [2.05, 4.69) is 0 Å². The van der Waals surface area contributed by atoms with Gasteiger partial charge in [-0.15, -0.1) is 0 Å². The molecular formula is C26H34O9. The van der Waals surface area contributed by atoms with E-state index < -0.39 is 75.7 Å². The molecule has 0 bridgehead atoms. The summed E-state index contributed by atoms with van der Waals surface area (Å²) in [4.78, 5) is 49.1. The second-order valence-electron chi connectivity index (χ2n) is 11.2. The molecule has 4 rings (SSSR count). The number of hydrogen-bond acceptors (Lipinski definition) is 9. The summed E-state index contributed by atoms with van der Waals surface area (Å²) in [7, 11) is 0. The maximum absolute atomic E-state index is 13.2. The van der Waals surface area contributed by atoms with Crippen LogP contribution in [0.15, 0.2) is 23.3 Å². The maximum atomic E-state index is 13.2. The van der Waals surface area contributed by atoms with Crippen molar-refractivity contribution >= 4 is 23.7 Å². The Balaban J connectivity index is 1.95. The van der Waals surface area contributed by atoms with Crippen molar-refractivity contribution in [2.24, 2.45) is 29.1 Å². The monoisotopic (exact) mass is 490 g/mol. The SMILES string of the molecule is CC(=O)OCC1=C[C@H]2[C@@H]3C(C)(C)[C@]3(OC(C)=O)[C@H](OC(C)=O)[C@@H](C)[C@]2(O)C2C=C(C)C(=O)[C@@]2(O)C1. The van der Waals surface area contributed by atoms with Crippen molar-refractivity contribution in [2.75, 3.05) is 6.61 Å². The second-order valence-corrected chi connectivity index (χ2v) is 11.2. The molecule has 35 heavy (non-hydrogen) atoms. The summed E-state index contributed by atoms with van der Waals surface area (Å²) in [6.07, 6.45) is 2.21. The van der Waals surface area contributed by atoms with Crippen molar-refractivity contribution in [3.63, 3.8) is 0 Å². The van der Waals surface area contributed by atoms with E-state index in [1.54, 1.807) is 26.0 Å². The molecule has 2 N–H and O–H groups in total. The smallest absolute Gasteiger partial charge is 0.303 e. The predicted octanol–water partition coefficient (Wildman–Crippen LogP) is 1.64. The number of Topliss-reactive ketones (excluding diaryl/α,β-unsaturated/α-hetero) is 1. The zero-order valence-electron chi connectivity index (χ0n) is 21.2. The first-order chi connectivity index (χ1) is 16.0. The van der Waals surface area contributed by atoms with Gasteiger partial charge in [0.2, 0.25) is 0 Å². The minimum absolute atomic E-state index is 0.130. The molecule has 0 aromatic rings. The van der Waals surface area contributed by atoms with E-state index in [9.17, 15) is 29.4 Å². The molecule has 1 unspecified atom stereocenters. The van der Waals surface area contributed by atoms with Crippen LogP contribution in [0.3, 0.4) is 0 Å². The third-order valence-electron chi connectivity index (χ3n) is 8.82. The van der Waals surface area contributed by atoms with Crippen LogP contribution in [0.1, 0.15) is 54.9 Å². The van der Waals surface area contributed by atoms with Crippen molar-refractivity contribution in [3.8, 4) is 0 Å². The van der Waals surface area contributed by atoms with Gasteiger partial charge in [0.1, 0.15) is 18.3 Å². The zero-order chi connectivity index (χ0) is 26.3. The molecule has 4 aliphatic carbocycles. The molecule has 2 fully saturated rings. The molecule has 0 spiro atoms. The van der Waals surface area contributed by atoms with E-state index in [1.807, 2.05) is 13.8 Å². The Morgan fingerprint density at radius 1 is 1.06 bits per heavy atom. The number of ether oxygens (including phenoxy) is 3. The Bertz CT molecular complexity index is 1070. The molecule has 192 valence electrons. The largest absolute Gasteiger partial charge is 0.461 e. The average Bonchev–Trinajstić information content (AvgIpc) is 3.15. The lowest BCUT2D eigenvalue weighted by Crippen LogP contribution is -2.66. The summed E-state index contributed by atoms with van der Waals surface area (Å²) in [6.45, 7) is 10.7. The minimum atomic E-state index is -1.96. The third-order valence-corrected chi connectivity index (χ3v) is 8.82. The van der Waals surface area contributed by atoms with E-state index in [0.717, 1.165) is 0 Å². The number of rotatable bonds is 4. The van der Waals surface area contributed by atoms with E-state index in [1.165, 1.54) is 20.8 Å². The Morgan fingerprint density at radius 2 is 1.69 bits per heavy atom. The number of hydrogen-bond donors (Lipinski definition) is 2. The maximum Gasteiger partial charge on any atom is 0.303 e. The number of aliphatic hydroxyl groups is 2. The van der Waals surface area contributed by atoms with Crippen LogP contribution < -0.4 is 0 Å². The number of carbonyl (C=O) groups is 4. The minimum Gasteiger partial charge on any atom is -0.461 e. The van der Waals surface area contributed by atoms with Gasteiger partial charge in [0, 0.05) is 56.3 Å². The fourth-order valence-electron chi connectivity index (χ4n) is 7.43. The highest BCUT2D eigenvalue weighted by molar-refractivity contribution is 6.04. The summed E-state index contributed by atoms with van der Waals surface area (Å²) < 4.78 is 16.9. The molecule has 0 aromatic heterocycles. The predicted molar refractivity (Wildman–Crippen MR) is 121 cm³/mol. The van der Waals surface area contributed by atoms with Crippen LogP contribution in [-0.4, -0.2) is 63.4 Å². The highest BCUT2D eigenvalue weighted by Gasteiger charge is 2.87. The summed E-state index contributed by atoms with van der Waals surface area (Å²) >= 11 is 0. The van der Waals surface area contributed by atoms with Gasteiger partial charge in [0.15, 0.2) is 11.4 Å². The van der Waals surface area contributed by atoms with Gasteiger partial charge < -0.3 is 24.4 Å². The topological polar surface area (TPSA) is 136 Å². The lowest BCUT2D eigenvalue weighted by atomic mass is 9.59. The average molecular weight is 491 g/mol. The van der Waals surface area contributed by atoms with Crippen LogP contribution in [0, 0.1) is 29.1 Å². The Hall–Kier alpha value is -2.52. The van der Waals surface area contributed by atoms with Crippen LogP contribution in [0.5, 0.6) is 0 Å². The third kappa shape index (κ3) is 3.27. The lowest BCUT2D eigenvalue weighted by Gasteiger charge is -2.53. The number of esters is 3. The number of fused-ring (bicyclic) bond motifs is 5. The molecule has 0 amide bonds. The van der Waals surface area contributed by atoms with Gasteiger partial charge in [-0.25, -0.2) is 0 Å². The first-order valence-corrected chi connectivity index (χ1v) is 11.9. The van der Waals surface area contributed by atoms with E-state index in [-0.39, 0.29) is 13.0 Å². The van der Waals surface area contributed by atoms with Gasteiger partial charge in [0.05, 0.1) is 5.60 Å². The molecule has 9 heteroatoms. The van der Waals surface area contributed by atoms with Gasteiger partial charge in [-0.1, -0.05) is 32.9 Å². The molecule has 0 aliphatic heterocycles. The zero-order valence-corrected chi connectivity index (χ0v) is 21.2. The molecule has 2 saturated carbocycles. The molecule has 9 nitrogen and oxygen atoms in total. The van der Waals surface area contributed by atoms with Crippen LogP contribution in [-0.2, 0) is 33.4 Å². The van der Waals surface area contributed by atoms with Gasteiger partial charge >= 0.3 is 17.9 Å². The fraction of sp³-hybridized carbons (Fsp3) is 0.692. The van der Waals surface area contributed by atoms with Crippen LogP contribution in [0.4, 0.5) is 0 Å².